The van der Waals surface area contributed by atoms with Gasteiger partial charge in [0.25, 0.3) is 0 Å². The fraction of sp³-hybridized carbons (Fsp3) is 0.368. The van der Waals surface area contributed by atoms with E-state index in [2.05, 4.69) is 17.1 Å². The highest BCUT2D eigenvalue weighted by Gasteiger charge is 2.35. The Kier molecular flexibility index (Phi) is 5.27. The van der Waals surface area contributed by atoms with Crippen molar-refractivity contribution in [2.24, 2.45) is 0 Å². The third kappa shape index (κ3) is 3.07. The molecule has 0 N–H and O–H groups in total. The number of aryl methyl sites for hydroxylation is 2. The summed E-state index contributed by atoms with van der Waals surface area (Å²) in [5, 5.41) is 10.3. The van der Waals surface area contributed by atoms with Crippen LogP contribution in [0, 0.1) is 6.92 Å². The average molecular weight is 370 g/mol. The maximum atomic E-state index is 12.8. The first kappa shape index (κ1) is 18.4. The van der Waals surface area contributed by atoms with Gasteiger partial charge in [0.1, 0.15) is 0 Å². The normalized spacial score (nSPS) is 13.8. The number of aromatic nitrogens is 3. The van der Waals surface area contributed by atoms with E-state index in [0.717, 1.165) is 12.0 Å². The van der Waals surface area contributed by atoms with Crippen molar-refractivity contribution in [2.75, 3.05) is 5.01 Å². The summed E-state index contributed by atoms with van der Waals surface area (Å²) in [6.45, 7) is 7.53. The lowest BCUT2D eigenvalue weighted by atomic mass is 10.1. The van der Waals surface area contributed by atoms with E-state index < -0.39 is 0 Å². The predicted octanol–water partition coefficient (Wildman–Crippen LogP) is 3.48. The minimum Gasteiger partial charge on any atom is -0.294 e. The van der Waals surface area contributed by atoms with E-state index in [0.29, 0.717) is 34.4 Å². The summed E-state index contributed by atoms with van der Waals surface area (Å²) in [6, 6.07) is 8.00. The van der Waals surface area contributed by atoms with Gasteiger partial charge in [-0.2, -0.15) is 0 Å². The van der Waals surface area contributed by atoms with Crippen molar-refractivity contribution in [3.63, 3.8) is 0 Å². The number of Topliss-reactive ketones (excluding diaryl/α,β-unsaturated/α-hetero) is 1. The van der Waals surface area contributed by atoms with E-state index in [1.165, 1.54) is 17.3 Å². The van der Waals surface area contributed by atoms with Crippen molar-refractivity contribution < 1.29 is 9.59 Å². The molecule has 0 saturated carbocycles. The highest BCUT2D eigenvalue weighted by molar-refractivity contribution is 8.04. The van der Waals surface area contributed by atoms with Crippen LogP contribution in [0.4, 0.5) is 0 Å². The smallest absolute Gasteiger partial charge is 0.246 e. The van der Waals surface area contributed by atoms with Crippen LogP contribution < -0.4 is 5.01 Å². The Morgan fingerprint density at radius 2 is 1.73 bits per heavy atom. The Morgan fingerprint density at radius 1 is 1.04 bits per heavy atom. The summed E-state index contributed by atoms with van der Waals surface area (Å²) in [6.07, 6.45) is 1.60. The number of rotatable bonds is 5. The third-order valence-corrected chi connectivity index (χ3v) is 5.40. The van der Waals surface area contributed by atoms with Crippen LogP contribution in [0.2, 0.25) is 0 Å². The minimum atomic E-state index is -0.106. The van der Waals surface area contributed by atoms with Crippen molar-refractivity contribution in [3.05, 3.63) is 46.1 Å². The lowest BCUT2D eigenvalue weighted by Gasteiger charge is -2.32. The standard InChI is InChI=1S/C19H22N4O2S/c1-5-13-8-10-14(11-9-13)17-18(15(24)6-2)26-19-21-20-12(4)22(19)23(17)16(25)7-3/h8-11H,5-7H2,1-4H3. The molecule has 1 aromatic carbocycles. The van der Waals surface area contributed by atoms with Gasteiger partial charge in [0.2, 0.25) is 11.1 Å². The van der Waals surface area contributed by atoms with Gasteiger partial charge in [-0.3, -0.25) is 9.59 Å². The van der Waals surface area contributed by atoms with E-state index in [1.54, 1.807) is 16.6 Å². The zero-order valence-corrected chi connectivity index (χ0v) is 16.3. The van der Waals surface area contributed by atoms with E-state index in [1.807, 2.05) is 38.1 Å². The molecule has 0 atom stereocenters. The van der Waals surface area contributed by atoms with Crippen LogP contribution >= 0.6 is 11.8 Å². The minimum absolute atomic E-state index is 0.00891. The van der Waals surface area contributed by atoms with Crippen LogP contribution in [0.5, 0.6) is 0 Å². The SMILES string of the molecule is CCC(=O)C1=C(c2ccc(CC)cc2)N(C(=O)CC)n2c(C)nnc2S1. The van der Waals surface area contributed by atoms with Gasteiger partial charge >= 0.3 is 0 Å². The number of ketones is 1. The maximum absolute atomic E-state index is 12.8. The quantitative estimate of drug-likeness (QED) is 0.806. The Morgan fingerprint density at radius 3 is 2.31 bits per heavy atom. The van der Waals surface area contributed by atoms with Crippen molar-refractivity contribution in [2.45, 2.75) is 52.1 Å². The second-order valence-electron chi connectivity index (χ2n) is 6.01. The van der Waals surface area contributed by atoms with Crippen LogP contribution in [0.3, 0.4) is 0 Å². The van der Waals surface area contributed by atoms with Gasteiger partial charge in [-0.1, -0.05) is 45.0 Å². The van der Waals surface area contributed by atoms with Gasteiger partial charge in [0, 0.05) is 18.4 Å². The summed E-state index contributed by atoms with van der Waals surface area (Å²) in [5.41, 5.74) is 2.66. The van der Waals surface area contributed by atoms with Gasteiger partial charge in [-0.15, -0.1) is 10.2 Å². The van der Waals surface area contributed by atoms with Crippen LogP contribution in [-0.2, 0) is 16.0 Å². The van der Waals surface area contributed by atoms with Crippen LogP contribution in [-0.4, -0.2) is 26.6 Å². The predicted molar refractivity (Wildman–Crippen MR) is 102 cm³/mol. The summed E-state index contributed by atoms with van der Waals surface area (Å²) in [7, 11) is 0. The molecule has 1 aromatic heterocycles. The second-order valence-corrected chi connectivity index (χ2v) is 6.99. The fourth-order valence-electron chi connectivity index (χ4n) is 2.86. The summed E-state index contributed by atoms with van der Waals surface area (Å²) < 4.78 is 1.70. The van der Waals surface area contributed by atoms with E-state index in [-0.39, 0.29) is 11.7 Å². The van der Waals surface area contributed by atoms with Crippen molar-refractivity contribution in [1.82, 2.24) is 14.9 Å². The molecule has 0 saturated heterocycles. The van der Waals surface area contributed by atoms with Crippen LogP contribution in [0.1, 0.15) is 50.6 Å². The zero-order chi connectivity index (χ0) is 18.8. The Labute approximate surface area is 157 Å². The molecule has 1 aliphatic rings. The molecule has 0 spiro atoms. The molecule has 1 amide bonds. The first-order valence-corrected chi connectivity index (χ1v) is 9.63. The molecule has 0 fully saturated rings. The topological polar surface area (TPSA) is 68.1 Å². The number of hydrogen-bond donors (Lipinski definition) is 0. The molecule has 0 unspecified atom stereocenters. The lowest BCUT2D eigenvalue weighted by Crippen LogP contribution is -2.42. The van der Waals surface area contributed by atoms with Crippen LogP contribution in [0.25, 0.3) is 5.70 Å². The number of thioether (sulfide) groups is 1. The van der Waals surface area contributed by atoms with Gasteiger partial charge in [0.05, 0.1) is 10.6 Å². The number of allylic oxidation sites excluding steroid dienone is 1. The highest BCUT2D eigenvalue weighted by atomic mass is 32.2. The summed E-state index contributed by atoms with van der Waals surface area (Å²) in [4.78, 5) is 26.1. The fourth-order valence-corrected chi connectivity index (χ4v) is 3.98. The molecule has 136 valence electrons. The molecule has 2 heterocycles. The second kappa shape index (κ2) is 7.45. The molecule has 7 heteroatoms. The Balaban J connectivity index is 2.26. The van der Waals surface area contributed by atoms with Gasteiger partial charge in [-0.05, 0) is 30.7 Å². The molecule has 0 radical (unpaired) electrons. The zero-order valence-electron chi connectivity index (χ0n) is 15.4. The molecule has 6 nitrogen and oxygen atoms in total. The summed E-state index contributed by atoms with van der Waals surface area (Å²) in [5.74, 6) is 0.496. The largest absolute Gasteiger partial charge is 0.294 e. The van der Waals surface area contributed by atoms with Gasteiger partial charge in [0.15, 0.2) is 11.6 Å². The molecule has 0 aliphatic carbocycles. The monoisotopic (exact) mass is 370 g/mol. The number of carbonyl (C=O) groups is 2. The maximum Gasteiger partial charge on any atom is 0.246 e. The molecule has 1 aliphatic heterocycles. The number of amides is 1. The number of benzene rings is 1. The Hall–Kier alpha value is -2.41. The van der Waals surface area contributed by atoms with Crippen molar-refractivity contribution in [1.29, 1.82) is 0 Å². The van der Waals surface area contributed by atoms with E-state index in [9.17, 15) is 9.59 Å². The number of fused-ring (bicyclic) bond motifs is 1. The van der Waals surface area contributed by atoms with Crippen molar-refractivity contribution >= 4 is 29.1 Å². The van der Waals surface area contributed by atoms with E-state index >= 15 is 0 Å². The molecular weight excluding hydrogens is 348 g/mol. The van der Waals surface area contributed by atoms with Crippen LogP contribution in [0.15, 0.2) is 34.3 Å². The number of hydrogen-bond acceptors (Lipinski definition) is 5. The first-order valence-electron chi connectivity index (χ1n) is 8.81. The summed E-state index contributed by atoms with van der Waals surface area (Å²) >= 11 is 1.28. The highest BCUT2D eigenvalue weighted by Crippen LogP contribution is 2.40. The molecule has 0 bridgehead atoms. The Bertz CT molecular complexity index is 883. The number of nitrogens with zero attached hydrogens (tertiary/aromatic N) is 4. The van der Waals surface area contributed by atoms with Gasteiger partial charge < -0.3 is 0 Å². The van der Waals surface area contributed by atoms with Gasteiger partial charge in [-0.25, -0.2) is 9.69 Å². The third-order valence-electron chi connectivity index (χ3n) is 4.34. The molecule has 26 heavy (non-hydrogen) atoms. The average Bonchev–Trinajstić information content (AvgIpc) is 3.06. The first-order chi connectivity index (χ1) is 12.5. The number of carbonyl (C=O) groups excluding carboxylic acids is 2. The molecular formula is C19H22N4O2S. The lowest BCUT2D eigenvalue weighted by molar-refractivity contribution is -0.119. The van der Waals surface area contributed by atoms with Crippen molar-refractivity contribution in [3.8, 4) is 0 Å². The molecule has 2 aromatic rings. The van der Waals surface area contributed by atoms with E-state index in [4.69, 9.17) is 0 Å². The molecule has 3 rings (SSSR count).